The van der Waals surface area contributed by atoms with Crippen molar-refractivity contribution in [2.24, 2.45) is 22.6 Å². The molecule has 0 amide bonds. The standard InChI is InChI=1S/C38H60N4O5/c1-3-41-35(34-21-30(23-42-34)33(24-40-22-27(2)44)29-11-8-9-12-29)26-46-38-19-28(15-17-36(38)45)14-16-32-20-31(25-43)37(47-32)13-7-5-4-6-10-18-39/h15,17,19-21,23,27,29,33,35,37,40-41,43-45H,3-14,16,18,22,24-26,39H2,1-2H3/t27-,33+,35-,37?/m0/s1. The van der Waals surface area contributed by atoms with E-state index >= 15 is 0 Å². The van der Waals surface area contributed by atoms with Crippen LogP contribution in [0.5, 0.6) is 11.5 Å². The SMILES string of the molecule is CCN[C@@H](COc1cc(CC[C-]2C=C(CO)C(CCCCCCCN)O2)ccc1O)[C+]1C=C([C@H](CNC[C@H](C)O)C2CCCC2)C=N1. The number of benzene rings is 1. The van der Waals surface area contributed by atoms with Crippen LogP contribution in [0.15, 0.2) is 46.5 Å². The van der Waals surface area contributed by atoms with Gasteiger partial charge in [0, 0.05) is 25.8 Å². The lowest BCUT2D eigenvalue weighted by Gasteiger charge is -2.24. The van der Waals surface area contributed by atoms with Crippen LogP contribution < -0.4 is 21.1 Å². The molecule has 1 aliphatic carbocycles. The first kappa shape index (κ1) is 37.3. The van der Waals surface area contributed by atoms with Crippen LogP contribution in [-0.4, -0.2) is 79.2 Å². The number of hydrogen-bond donors (Lipinski definition) is 6. The molecule has 0 spiro atoms. The van der Waals surface area contributed by atoms with Crippen molar-refractivity contribution in [3.63, 3.8) is 0 Å². The van der Waals surface area contributed by atoms with Crippen molar-refractivity contribution in [3.05, 3.63) is 59.2 Å². The van der Waals surface area contributed by atoms with E-state index in [0.29, 0.717) is 30.7 Å². The fourth-order valence-corrected chi connectivity index (χ4v) is 7.04. The Kier molecular flexibility index (Phi) is 15.9. The van der Waals surface area contributed by atoms with Gasteiger partial charge in [-0.25, -0.2) is 0 Å². The highest BCUT2D eigenvalue weighted by atomic mass is 16.5. The molecule has 4 rings (SSSR count). The molecule has 262 valence electrons. The van der Waals surface area contributed by atoms with Gasteiger partial charge in [0.2, 0.25) is 0 Å². The highest BCUT2D eigenvalue weighted by molar-refractivity contribution is 5.84. The van der Waals surface area contributed by atoms with E-state index in [2.05, 4.69) is 23.6 Å². The van der Waals surface area contributed by atoms with Gasteiger partial charge in [-0.3, -0.25) is 5.32 Å². The summed E-state index contributed by atoms with van der Waals surface area (Å²) in [6, 6.07) is 6.36. The zero-order valence-corrected chi connectivity index (χ0v) is 28.8. The first-order chi connectivity index (χ1) is 22.9. The Hall–Kier alpha value is -2.53. The van der Waals surface area contributed by atoms with Crippen LogP contribution in [-0.2, 0) is 11.2 Å². The maximum absolute atomic E-state index is 10.6. The number of aromatic hydroxyl groups is 1. The Balaban J connectivity index is 1.30. The number of aryl methyl sites for hydroxylation is 1. The van der Waals surface area contributed by atoms with E-state index in [1.165, 1.54) is 44.1 Å². The van der Waals surface area contributed by atoms with E-state index < -0.39 is 0 Å². The molecule has 2 aliphatic heterocycles. The molecule has 1 unspecified atom stereocenters. The molecule has 0 aromatic heterocycles. The molecule has 1 aromatic carbocycles. The summed E-state index contributed by atoms with van der Waals surface area (Å²) in [6.45, 7) is 7.19. The van der Waals surface area contributed by atoms with Crippen LogP contribution in [0, 0.1) is 24.0 Å². The molecule has 0 radical (unpaired) electrons. The Morgan fingerprint density at radius 1 is 1.15 bits per heavy atom. The number of phenols is 1. The number of aliphatic hydroxyl groups excluding tert-OH is 2. The van der Waals surface area contributed by atoms with Gasteiger partial charge in [-0.1, -0.05) is 64.0 Å². The molecular weight excluding hydrogens is 592 g/mol. The Morgan fingerprint density at radius 3 is 2.68 bits per heavy atom. The highest BCUT2D eigenvalue weighted by Gasteiger charge is 2.38. The molecule has 0 bridgehead atoms. The Bertz CT molecular complexity index is 1150. The van der Waals surface area contributed by atoms with E-state index in [9.17, 15) is 15.3 Å². The van der Waals surface area contributed by atoms with Gasteiger partial charge in [-0.05, 0) is 75.7 Å². The summed E-state index contributed by atoms with van der Waals surface area (Å²) in [5.41, 5.74) is 8.85. The van der Waals surface area contributed by atoms with Crippen molar-refractivity contribution in [2.45, 2.75) is 109 Å². The Morgan fingerprint density at radius 2 is 1.94 bits per heavy atom. The number of nitrogens with one attached hydrogen (secondary N) is 2. The monoisotopic (exact) mass is 652 g/mol. The van der Waals surface area contributed by atoms with Crippen LogP contribution in [0.3, 0.4) is 0 Å². The van der Waals surface area contributed by atoms with Gasteiger partial charge in [-0.2, -0.15) is 11.6 Å². The van der Waals surface area contributed by atoms with Crippen molar-refractivity contribution in [1.82, 2.24) is 10.6 Å². The quantitative estimate of drug-likeness (QED) is 0.0705. The number of likely N-dealkylation sites (N-methyl/N-ethyl adjacent to an activating group) is 1. The predicted molar refractivity (Wildman–Crippen MR) is 189 cm³/mol. The van der Waals surface area contributed by atoms with Crippen molar-refractivity contribution in [3.8, 4) is 11.5 Å². The second kappa shape index (κ2) is 20.1. The molecule has 1 aromatic rings. The summed E-state index contributed by atoms with van der Waals surface area (Å²) in [5.74, 6) is 1.57. The number of rotatable bonds is 23. The van der Waals surface area contributed by atoms with Crippen LogP contribution in [0.1, 0.15) is 90.0 Å². The molecule has 47 heavy (non-hydrogen) atoms. The number of nitrogens with zero attached hydrogens (tertiary/aromatic N) is 1. The third-order valence-corrected chi connectivity index (χ3v) is 9.68. The van der Waals surface area contributed by atoms with E-state index in [0.717, 1.165) is 81.4 Å². The fraction of sp³-hybridized carbons (Fsp3) is 0.658. The minimum absolute atomic E-state index is 0.0202. The third-order valence-electron chi connectivity index (χ3n) is 9.68. The molecule has 1 fully saturated rings. The molecular formula is C38H60N4O5. The van der Waals surface area contributed by atoms with Crippen LogP contribution in [0.25, 0.3) is 0 Å². The maximum Gasteiger partial charge on any atom is 0.176 e. The summed E-state index contributed by atoms with van der Waals surface area (Å²) < 4.78 is 12.5. The van der Waals surface area contributed by atoms with Gasteiger partial charge in [0.05, 0.1) is 18.1 Å². The Labute approximate surface area is 283 Å². The van der Waals surface area contributed by atoms with E-state index in [1.807, 2.05) is 31.3 Å². The summed E-state index contributed by atoms with van der Waals surface area (Å²) >= 11 is 0. The van der Waals surface area contributed by atoms with Gasteiger partial charge in [-0.15, -0.1) is 4.99 Å². The van der Waals surface area contributed by atoms with E-state index in [1.54, 1.807) is 6.07 Å². The number of nitrogens with two attached hydrogens (primary N) is 1. The van der Waals surface area contributed by atoms with Gasteiger partial charge in [0.25, 0.3) is 0 Å². The summed E-state index contributed by atoms with van der Waals surface area (Å²) in [4.78, 5) is 4.82. The van der Waals surface area contributed by atoms with Gasteiger partial charge in [0.1, 0.15) is 18.2 Å². The average Bonchev–Trinajstić information content (AvgIpc) is 3.85. The van der Waals surface area contributed by atoms with Gasteiger partial charge >= 0.3 is 0 Å². The van der Waals surface area contributed by atoms with Crippen LogP contribution in [0.2, 0.25) is 0 Å². The largest absolute Gasteiger partial charge is 0.504 e. The number of aliphatic imine (C=N–C) groups is 1. The zero-order chi connectivity index (χ0) is 33.4. The molecule has 9 heteroatoms. The normalized spacial score (nSPS) is 20.1. The first-order valence-corrected chi connectivity index (χ1v) is 18.1. The summed E-state index contributed by atoms with van der Waals surface area (Å²) in [5, 5.41) is 37.3. The lowest BCUT2D eigenvalue weighted by molar-refractivity contribution is 0.102. The molecule has 9 nitrogen and oxygen atoms in total. The molecule has 7 N–H and O–H groups in total. The summed E-state index contributed by atoms with van der Waals surface area (Å²) in [6.07, 6.45) is 19.8. The van der Waals surface area contributed by atoms with Crippen molar-refractivity contribution in [1.29, 1.82) is 0 Å². The maximum atomic E-state index is 10.6. The lowest BCUT2D eigenvalue weighted by atomic mass is 9.84. The number of aliphatic hydroxyl groups is 2. The third kappa shape index (κ3) is 11.8. The van der Waals surface area contributed by atoms with E-state index in [-0.39, 0.29) is 30.6 Å². The predicted octanol–water partition coefficient (Wildman–Crippen LogP) is 5.15. The molecule has 0 saturated heterocycles. The van der Waals surface area contributed by atoms with Crippen LogP contribution in [0.4, 0.5) is 0 Å². The van der Waals surface area contributed by atoms with Crippen LogP contribution >= 0.6 is 0 Å². The minimum Gasteiger partial charge on any atom is -0.504 e. The van der Waals surface area contributed by atoms with Crippen molar-refractivity contribution < 1.29 is 24.8 Å². The zero-order valence-electron chi connectivity index (χ0n) is 28.8. The highest BCUT2D eigenvalue weighted by Crippen LogP contribution is 2.37. The fourth-order valence-electron chi connectivity index (χ4n) is 7.04. The topological polar surface area (TPSA) is 142 Å². The number of ether oxygens (including phenoxy) is 2. The number of phenolic OH excluding ortho intramolecular Hbond substituents is 1. The molecule has 1 saturated carbocycles. The minimum atomic E-state index is -0.368. The second-order valence-corrected chi connectivity index (χ2v) is 13.5. The van der Waals surface area contributed by atoms with Crippen molar-refractivity contribution >= 4 is 6.21 Å². The van der Waals surface area contributed by atoms with E-state index in [4.69, 9.17) is 20.2 Å². The second-order valence-electron chi connectivity index (χ2n) is 13.5. The number of unbranched alkanes of at least 4 members (excludes halogenated alkanes) is 4. The molecule has 2 heterocycles. The molecule has 3 aliphatic rings. The van der Waals surface area contributed by atoms with Gasteiger partial charge < -0.3 is 35.8 Å². The van der Waals surface area contributed by atoms with Crippen molar-refractivity contribution in [2.75, 3.05) is 39.4 Å². The smallest absolute Gasteiger partial charge is 0.176 e. The average molecular weight is 653 g/mol. The number of hydrogen-bond acceptors (Lipinski definition) is 9. The first-order valence-electron chi connectivity index (χ1n) is 18.1. The van der Waals surface area contributed by atoms with Gasteiger partial charge in [0.15, 0.2) is 23.8 Å². The summed E-state index contributed by atoms with van der Waals surface area (Å²) in [7, 11) is 0. The molecule has 4 atom stereocenters. The lowest BCUT2D eigenvalue weighted by Crippen LogP contribution is -2.38.